The van der Waals surface area contributed by atoms with Gasteiger partial charge >= 0.3 is 0 Å². The Labute approximate surface area is 154 Å². The van der Waals surface area contributed by atoms with Crippen molar-refractivity contribution in [3.63, 3.8) is 0 Å². The number of ether oxygens (including phenoxy) is 1. The summed E-state index contributed by atoms with van der Waals surface area (Å²) in [4.78, 5) is 14.9. The van der Waals surface area contributed by atoms with Gasteiger partial charge in [-0.1, -0.05) is 12.1 Å². The third kappa shape index (κ3) is 3.30. The van der Waals surface area contributed by atoms with Crippen molar-refractivity contribution >= 4 is 28.4 Å². The number of allylic oxidation sites excluding steroid dienone is 1. The average Bonchev–Trinajstić information content (AvgIpc) is 2.99. The third-order valence-electron chi connectivity index (χ3n) is 4.01. The maximum Gasteiger partial charge on any atom is 0.266 e. The largest absolute Gasteiger partial charge is 0.865 e. The molecule has 0 saturated carbocycles. The minimum atomic E-state index is -0.791. The van der Waals surface area contributed by atoms with E-state index in [0.717, 1.165) is 17.1 Å². The molecule has 0 aliphatic heterocycles. The molecule has 8 heteroatoms. The lowest BCUT2D eigenvalue weighted by Gasteiger charge is -2.14. The van der Waals surface area contributed by atoms with Crippen molar-refractivity contribution in [2.75, 3.05) is 6.61 Å². The number of fused-ring (bicyclic) bond motifs is 1. The van der Waals surface area contributed by atoms with Gasteiger partial charge in [0.25, 0.3) is 5.69 Å². The quantitative estimate of drug-likeness (QED) is 0.391. The van der Waals surface area contributed by atoms with Gasteiger partial charge in [-0.05, 0) is 36.8 Å². The molecule has 0 atom stereocenters. The van der Waals surface area contributed by atoms with Gasteiger partial charge in [0.1, 0.15) is 11.8 Å². The highest BCUT2D eigenvalue weighted by Gasteiger charge is 2.16. The first kappa shape index (κ1) is 17.9. The van der Waals surface area contributed by atoms with Crippen molar-refractivity contribution in [2.24, 2.45) is 7.05 Å². The van der Waals surface area contributed by atoms with Crippen LogP contribution in [0.15, 0.2) is 36.4 Å². The van der Waals surface area contributed by atoms with Gasteiger partial charge in [0.2, 0.25) is 0 Å². The highest BCUT2D eigenvalue weighted by molar-refractivity contribution is 5.91. The van der Waals surface area contributed by atoms with Crippen LogP contribution in [0.25, 0.3) is 22.7 Å². The number of nitriles is 1. The molecule has 0 radical (unpaired) electrons. The fourth-order valence-corrected chi connectivity index (χ4v) is 2.79. The first-order chi connectivity index (χ1) is 13.0. The van der Waals surface area contributed by atoms with E-state index in [-0.39, 0.29) is 17.9 Å². The molecule has 0 N–H and O–H groups in total. The number of hydrogen-bond acceptors (Lipinski definition) is 6. The second-order valence-corrected chi connectivity index (χ2v) is 5.71. The summed E-state index contributed by atoms with van der Waals surface area (Å²) in [6.45, 7) is 1.86. The van der Waals surface area contributed by atoms with E-state index >= 15 is 0 Å². The second-order valence-electron chi connectivity index (χ2n) is 5.71. The van der Waals surface area contributed by atoms with E-state index in [0.29, 0.717) is 11.4 Å². The molecule has 0 amide bonds. The zero-order valence-corrected chi connectivity index (χ0v) is 14.7. The van der Waals surface area contributed by atoms with Gasteiger partial charge in [0.05, 0.1) is 28.1 Å². The molecule has 0 fully saturated rings. The van der Waals surface area contributed by atoms with Crippen LogP contribution in [-0.4, -0.2) is 21.1 Å². The molecule has 0 saturated heterocycles. The number of benzene rings is 2. The van der Waals surface area contributed by atoms with E-state index in [1.807, 2.05) is 24.3 Å². The lowest BCUT2D eigenvalue weighted by Crippen LogP contribution is -2.03. The molecule has 3 rings (SSSR count). The Hall–Kier alpha value is -3.86. The molecule has 1 heterocycles. The summed E-state index contributed by atoms with van der Waals surface area (Å²) in [5.74, 6) is -0.494. The van der Waals surface area contributed by atoms with E-state index < -0.39 is 16.4 Å². The maximum absolute atomic E-state index is 12.1. The van der Waals surface area contributed by atoms with Gasteiger partial charge in [-0.2, -0.15) is 5.26 Å². The van der Waals surface area contributed by atoms with Crippen molar-refractivity contribution in [1.82, 2.24) is 9.55 Å². The molecule has 136 valence electrons. The van der Waals surface area contributed by atoms with E-state index in [1.165, 1.54) is 12.1 Å². The predicted molar refractivity (Wildman–Crippen MR) is 97.9 cm³/mol. The van der Waals surface area contributed by atoms with Gasteiger partial charge in [0, 0.05) is 18.9 Å². The van der Waals surface area contributed by atoms with Gasteiger partial charge in [-0.15, -0.1) is 0 Å². The summed E-state index contributed by atoms with van der Waals surface area (Å²) in [5, 5.41) is 32.9. The SMILES string of the molecule is CCOc1cc(/C=C(\C#N)c2nc3ccccc3n2C)cc([N+](=O)[O-])c1[O-]. The van der Waals surface area contributed by atoms with E-state index in [9.17, 15) is 20.5 Å². The minimum absolute atomic E-state index is 0.125. The number of imidazole rings is 1. The molecule has 27 heavy (non-hydrogen) atoms. The number of nitro benzene ring substituents is 1. The van der Waals surface area contributed by atoms with Gasteiger partial charge in [-0.25, -0.2) is 4.98 Å². The first-order valence-corrected chi connectivity index (χ1v) is 8.12. The zero-order chi connectivity index (χ0) is 19.6. The third-order valence-corrected chi connectivity index (χ3v) is 4.01. The Balaban J connectivity index is 2.17. The van der Waals surface area contributed by atoms with Crippen LogP contribution in [0.2, 0.25) is 0 Å². The topological polar surface area (TPSA) is 117 Å². The van der Waals surface area contributed by atoms with E-state index in [4.69, 9.17) is 4.74 Å². The molecule has 0 bridgehead atoms. The minimum Gasteiger partial charge on any atom is -0.865 e. The monoisotopic (exact) mass is 363 g/mol. The first-order valence-electron chi connectivity index (χ1n) is 8.12. The maximum atomic E-state index is 12.1. The highest BCUT2D eigenvalue weighted by atomic mass is 16.6. The smallest absolute Gasteiger partial charge is 0.266 e. The van der Waals surface area contributed by atoms with Crippen LogP contribution in [0, 0.1) is 21.4 Å². The summed E-state index contributed by atoms with van der Waals surface area (Å²) >= 11 is 0. The number of rotatable bonds is 5. The number of aryl methyl sites for hydroxylation is 1. The molecule has 0 aliphatic carbocycles. The Morgan fingerprint density at radius 2 is 2.15 bits per heavy atom. The van der Waals surface area contributed by atoms with Crippen LogP contribution in [0.3, 0.4) is 0 Å². The molecule has 0 aliphatic rings. The number of para-hydroxylation sites is 2. The Morgan fingerprint density at radius 3 is 2.78 bits per heavy atom. The van der Waals surface area contributed by atoms with Crippen molar-refractivity contribution in [3.05, 3.63) is 57.9 Å². The van der Waals surface area contributed by atoms with Crippen LogP contribution in [0.1, 0.15) is 18.3 Å². The summed E-state index contributed by atoms with van der Waals surface area (Å²) in [6, 6.07) is 12.0. The summed E-state index contributed by atoms with van der Waals surface area (Å²) < 4.78 is 6.98. The van der Waals surface area contributed by atoms with Gasteiger partial charge < -0.3 is 14.4 Å². The van der Waals surface area contributed by atoms with Crippen molar-refractivity contribution in [2.45, 2.75) is 6.92 Å². The number of aromatic nitrogens is 2. The van der Waals surface area contributed by atoms with Crippen molar-refractivity contribution in [3.8, 4) is 17.6 Å². The van der Waals surface area contributed by atoms with Crippen molar-refractivity contribution < 1.29 is 14.8 Å². The lowest BCUT2D eigenvalue weighted by molar-refractivity contribution is -0.398. The van der Waals surface area contributed by atoms with Gasteiger partial charge in [-0.3, -0.25) is 10.1 Å². The summed E-state index contributed by atoms with van der Waals surface area (Å²) in [7, 11) is 1.78. The molecular formula is C19H15N4O4-. The van der Waals surface area contributed by atoms with Crippen LogP contribution in [0.4, 0.5) is 5.69 Å². The predicted octanol–water partition coefficient (Wildman–Crippen LogP) is 3.02. The molecule has 2 aromatic carbocycles. The number of hydrogen-bond donors (Lipinski definition) is 0. The van der Waals surface area contributed by atoms with Crippen LogP contribution in [0.5, 0.6) is 11.5 Å². The Bertz CT molecular complexity index is 1110. The molecular weight excluding hydrogens is 348 g/mol. The molecule has 1 aromatic heterocycles. The van der Waals surface area contributed by atoms with Crippen molar-refractivity contribution in [1.29, 1.82) is 5.26 Å². The Kier molecular flexibility index (Phi) is 4.77. The fourth-order valence-electron chi connectivity index (χ4n) is 2.79. The number of nitrogens with zero attached hydrogens (tertiary/aromatic N) is 4. The lowest BCUT2D eigenvalue weighted by atomic mass is 10.1. The Morgan fingerprint density at radius 1 is 1.41 bits per heavy atom. The van der Waals surface area contributed by atoms with Crippen LogP contribution >= 0.6 is 0 Å². The van der Waals surface area contributed by atoms with E-state index in [2.05, 4.69) is 11.1 Å². The van der Waals surface area contributed by atoms with Crippen LogP contribution in [-0.2, 0) is 7.05 Å². The second kappa shape index (κ2) is 7.17. The van der Waals surface area contributed by atoms with Gasteiger partial charge in [0.15, 0.2) is 5.82 Å². The highest BCUT2D eigenvalue weighted by Crippen LogP contribution is 2.36. The standard InChI is InChI=1S/C19H16N4O4/c1-3-27-17-10-12(9-16(18(17)24)23(25)26)8-13(11-20)19-21-14-6-4-5-7-15(14)22(19)2/h4-10,24H,3H2,1-2H3/p-1/b13-8+. The molecule has 8 nitrogen and oxygen atoms in total. The molecule has 0 unspecified atom stereocenters. The summed E-state index contributed by atoms with van der Waals surface area (Å²) in [5.41, 5.74) is 1.50. The zero-order valence-electron chi connectivity index (χ0n) is 14.7. The normalized spacial score (nSPS) is 11.4. The molecule has 3 aromatic rings. The average molecular weight is 363 g/mol. The van der Waals surface area contributed by atoms with Crippen LogP contribution < -0.4 is 9.84 Å². The fraction of sp³-hybridized carbons (Fsp3) is 0.158. The van der Waals surface area contributed by atoms with E-state index in [1.54, 1.807) is 18.5 Å². The summed E-state index contributed by atoms with van der Waals surface area (Å²) in [6.07, 6.45) is 1.45. The number of nitro groups is 1. The molecule has 0 spiro atoms.